The largest absolute Gasteiger partial charge is 0.481 e. The Bertz CT molecular complexity index is 504. The van der Waals surface area contributed by atoms with E-state index in [-0.39, 0.29) is 0 Å². The Morgan fingerprint density at radius 2 is 1.65 bits per heavy atom. The Balaban J connectivity index is 4.88. The number of carboxylic acid groups (broad SMARTS) is 2. The Kier molecular flexibility index (Phi) is 5.04. The zero-order valence-corrected chi connectivity index (χ0v) is 10.3. The standard InChI is InChI=1S/C6H11NO8S2/c1-16(12,13)3-17(14,15)7-4(6(10)11)2-5(8)9/h4,7H,2-3H2,1H3,(H,8,9)(H,10,11). The minimum atomic E-state index is -4.41. The van der Waals surface area contributed by atoms with Gasteiger partial charge in [0, 0.05) is 6.26 Å². The maximum atomic E-state index is 11.2. The number of carbonyl (C=O) groups is 2. The van der Waals surface area contributed by atoms with Gasteiger partial charge in [0.1, 0.15) is 6.04 Å². The molecule has 0 aliphatic carbocycles. The zero-order valence-electron chi connectivity index (χ0n) is 8.65. The first-order chi connectivity index (χ1) is 7.43. The molecular weight excluding hydrogens is 278 g/mol. The zero-order chi connectivity index (χ0) is 13.9. The van der Waals surface area contributed by atoms with E-state index in [0.717, 1.165) is 0 Å². The number of hydrogen-bond donors (Lipinski definition) is 3. The molecule has 0 saturated heterocycles. The van der Waals surface area contributed by atoms with Gasteiger partial charge in [0.25, 0.3) is 0 Å². The Morgan fingerprint density at radius 1 is 1.18 bits per heavy atom. The van der Waals surface area contributed by atoms with Crippen molar-refractivity contribution in [1.29, 1.82) is 0 Å². The van der Waals surface area contributed by atoms with Crippen LogP contribution in [0, 0.1) is 0 Å². The van der Waals surface area contributed by atoms with Gasteiger partial charge in [-0.3, -0.25) is 9.59 Å². The highest BCUT2D eigenvalue weighted by Crippen LogP contribution is 1.99. The third-order valence-corrected chi connectivity index (χ3v) is 4.97. The van der Waals surface area contributed by atoms with Gasteiger partial charge in [0.15, 0.2) is 14.9 Å². The van der Waals surface area contributed by atoms with E-state index >= 15 is 0 Å². The lowest BCUT2D eigenvalue weighted by Crippen LogP contribution is -2.44. The van der Waals surface area contributed by atoms with E-state index in [9.17, 15) is 26.4 Å². The summed E-state index contributed by atoms with van der Waals surface area (Å²) in [6.07, 6.45) is -0.336. The maximum Gasteiger partial charge on any atom is 0.322 e. The van der Waals surface area contributed by atoms with Gasteiger partial charge in [-0.15, -0.1) is 0 Å². The molecule has 0 aromatic rings. The van der Waals surface area contributed by atoms with Gasteiger partial charge in [-0.2, -0.15) is 4.72 Å². The second-order valence-corrected chi connectivity index (χ2v) is 7.52. The van der Waals surface area contributed by atoms with E-state index in [1.165, 1.54) is 4.72 Å². The van der Waals surface area contributed by atoms with Gasteiger partial charge in [-0.25, -0.2) is 16.8 Å². The van der Waals surface area contributed by atoms with Gasteiger partial charge >= 0.3 is 11.9 Å². The number of rotatable bonds is 7. The molecule has 0 aromatic carbocycles. The summed E-state index contributed by atoms with van der Waals surface area (Å²) >= 11 is 0. The average molecular weight is 289 g/mol. The lowest BCUT2D eigenvalue weighted by molar-refractivity contribution is -0.145. The minimum Gasteiger partial charge on any atom is -0.481 e. The molecule has 17 heavy (non-hydrogen) atoms. The molecule has 0 aliphatic heterocycles. The number of hydrogen-bond acceptors (Lipinski definition) is 6. The lowest BCUT2D eigenvalue weighted by atomic mass is 10.2. The van der Waals surface area contributed by atoms with E-state index in [1.54, 1.807) is 0 Å². The first kappa shape index (κ1) is 15.8. The van der Waals surface area contributed by atoms with Crippen molar-refractivity contribution in [2.24, 2.45) is 0 Å². The van der Waals surface area contributed by atoms with Crippen LogP contribution >= 0.6 is 0 Å². The molecular formula is C6H11NO8S2. The lowest BCUT2D eigenvalue weighted by Gasteiger charge is -2.11. The van der Waals surface area contributed by atoms with Crippen molar-refractivity contribution in [1.82, 2.24) is 4.72 Å². The molecule has 0 rings (SSSR count). The summed E-state index contributed by atoms with van der Waals surface area (Å²) in [7, 11) is -8.28. The fourth-order valence-electron chi connectivity index (χ4n) is 0.887. The molecule has 0 radical (unpaired) electrons. The predicted molar refractivity (Wildman–Crippen MR) is 55.4 cm³/mol. The van der Waals surface area contributed by atoms with Crippen LogP contribution in [0.1, 0.15) is 6.42 Å². The molecule has 0 aliphatic rings. The van der Waals surface area contributed by atoms with Gasteiger partial charge in [-0.1, -0.05) is 0 Å². The maximum absolute atomic E-state index is 11.2. The number of carboxylic acids is 2. The van der Waals surface area contributed by atoms with Crippen LogP contribution in [-0.2, 0) is 29.4 Å². The molecule has 0 amide bonds. The highest BCUT2D eigenvalue weighted by Gasteiger charge is 2.28. The topological polar surface area (TPSA) is 155 Å². The fourth-order valence-corrected chi connectivity index (χ4v) is 4.03. The minimum absolute atomic E-state index is 0.652. The number of sulfonamides is 1. The molecule has 0 heterocycles. The molecule has 0 fully saturated rings. The fraction of sp³-hybridized carbons (Fsp3) is 0.667. The predicted octanol–water partition coefficient (Wildman–Crippen LogP) is -2.16. The van der Waals surface area contributed by atoms with E-state index in [4.69, 9.17) is 10.2 Å². The summed E-state index contributed by atoms with van der Waals surface area (Å²) in [5.41, 5.74) is 0. The Hall–Kier alpha value is -1.20. The van der Waals surface area contributed by atoms with Crippen LogP contribution in [0.15, 0.2) is 0 Å². The quantitative estimate of drug-likeness (QED) is 0.478. The van der Waals surface area contributed by atoms with Gasteiger partial charge < -0.3 is 10.2 Å². The van der Waals surface area contributed by atoms with Crippen molar-refractivity contribution >= 4 is 31.8 Å². The molecule has 100 valence electrons. The van der Waals surface area contributed by atoms with Crippen LogP contribution in [-0.4, -0.2) is 56.4 Å². The summed E-state index contributed by atoms with van der Waals surface area (Å²) in [6, 6.07) is -1.90. The number of aliphatic carboxylic acids is 2. The van der Waals surface area contributed by atoms with Crippen molar-refractivity contribution in [3.8, 4) is 0 Å². The Morgan fingerprint density at radius 3 is 1.94 bits per heavy atom. The monoisotopic (exact) mass is 289 g/mol. The normalized spacial score (nSPS) is 14.2. The highest BCUT2D eigenvalue weighted by molar-refractivity contribution is 8.06. The molecule has 0 bridgehead atoms. The van der Waals surface area contributed by atoms with Crippen LogP contribution in [0.2, 0.25) is 0 Å². The second kappa shape index (κ2) is 5.42. The molecule has 0 spiro atoms. The van der Waals surface area contributed by atoms with Crippen LogP contribution in [0.5, 0.6) is 0 Å². The van der Waals surface area contributed by atoms with Crippen molar-refractivity contribution in [3.63, 3.8) is 0 Å². The summed E-state index contributed by atoms with van der Waals surface area (Å²) in [5.74, 6) is -3.23. The summed E-state index contributed by atoms with van der Waals surface area (Å²) in [5, 5.41) is 15.6. The molecule has 0 saturated carbocycles. The van der Waals surface area contributed by atoms with Crippen molar-refractivity contribution in [3.05, 3.63) is 0 Å². The molecule has 1 unspecified atom stereocenters. The summed E-state index contributed by atoms with van der Waals surface area (Å²) in [4.78, 5) is 20.8. The molecule has 1 atom stereocenters. The molecule has 0 aromatic heterocycles. The third kappa shape index (κ3) is 7.65. The average Bonchev–Trinajstić information content (AvgIpc) is 1.95. The van der Waals surface area contributed by atoms with Gasteiger partial charge in [0.05, 0.1) is 6.42 Å². The third-order valence-electron chi connectivity index (χ3n) is 1.37. The van der Waals surface area contributed by atoms with Crippen LogP contribution in [0.3, 0.4) is 0 Å². The Labute approximate surface area is 97.4 Å². The molecule has 9 nitrogen and oxygen atoms in total. The van der Waals surface area contributed by atoms with Crippen molar-refractivity contribution in [2.45, 2.75) is 12.5 Å². The van der Waals surface area contributed by atoms with Crippen LogP contribution in [0.25, 0.3) is 0 Å². The summed E-state index contributed by atoms with van der Waals surface area (Å²) < 4.78 is 45.4. The summed E-state index contributed by atoms with van der Waals surface area (Å²) in [6.45, 7) is 0. The number of nitrogens with one attached hydrogen (secondary N) is 1. The van der Waals surface area contributed by atoms with Gasteiger partial charge in [-0.05, 0) is 0 Å². The van der Waals surface area contributed by atoms with E-state index in [2.05, 4.69) is 0 Å². The molecule has 3 N–H and O–H groups in total. The SMILES string of the molecule is CS(=O)(=O)CS(=O)(=O)NC(CC(=O)O)C(=O)O. The van der Waals surface area contributed by atoms with Crippen LogP contribution < -0.4 is 4.72 Å². The first-order valence-electron chi connectivity index (χ1n) is 4.05. The smallest absolute Gasteiger partial charge is 0.322 e. The van der Waals surface area contributed by atoms with Crippen LogP contribution in [0.4, 0.5) is 0 Å². The van der Waals surface area contributed by atoms with E-state index < -0.39 is 49.3 Å². The molecule has 11 heteroatoms. The van der Waals surface area contributed by atoms with E-state index in [1.807, 2.05) is 0 Å². The van der Waals surface area contributed by atoms with Gasteiger partial charge in [0.2, 0.25) is 10.0 Å². The van der Waals surface area contributed by atoms with Crippen molar-refractivity contribution < 1.29 is 36.6 Å². The van der Waals surface area contributed by atoms with Crippen molar-refractivity contribution in [2.75, 3.05) is 11.3 Å². The number of sulfone groups is 1. The van der Waals surface area contributed by atoms with E-state index in [0.29, 0.717) is 6.26 Å². The first-order valence-corrected chi connectivity index (χ1v) is 7.76. The second-order valence-electron chi connectivity index (χ2n) is 3.26. The highest BCUT2D eigenvalue weighted by atomic mass is 32.3.